The molecule has 0 aliphatic heterocycles. The Bertz CT molecular complexity index is 1580. The fourth-order valence-electron chi connectivity index (χ4n) is 4.12. The molecule has 0 bridgehead atoms. The fraction of sp³-hybridized carbons (Fsp3) is 0.0645. The van der Waals surface area contributed by atoms with Gasteiger partial charge in [-0.3, -0.25) is 9.59 Å². The molecule has 2 amide bonds. The molecule has 1 heterocycles. The van der Waals surface area contributed by atoms with E-state index in [0.717, 1.165) is 33.5 Å². The number of pyridine rings is 1. The van der Waals surface area contributed by atoms with E-state index in [9.17, 15) is 9.59 Å². The smallest absolute Gasteiger partial charge is 0.256 e. The molecule has 0 atom stereocenters. The van der Waals surface area contributed by atoms with Crippen LogP contribution < -0.4 is 15.4 Å². The van der Waals surface area contributed by atoms with Gasteiger partial charge in [0.25, 0.3) is 11.8 Å². The molecule has 0 spiro atoms. The zero-order valence-electron chi connectivity index (χ0n) is 20.5. The number of nitrogens with zero attached hydrogens (tertiary/aromatic N) is 1. The lowest BCUT2D eigenvalue weighted by atomic mass is 10.0. The minimum atomic E-state index is -0.255. The molecule has 0 radical (unpaired) electrons. The molecule has 0 unspecified atom stereocenters. The van der Waals surface area contributed by atoms with E-state index < -0.39 is 0 Å². The first kappa shape index (κ1) is 23.8. The highest BCUT2D eigenvalue weighted by molar-refractivity contribution is 6.13. The quantitative estimate of drug-likeness (QED) is 0.278. The number of hydrogen-bond donors (Lipinski definition) is 2. The average molecular weight is 488 g/mol. The number of aromatic nitrogens is 1. The van der Waals surface area contributed by atoms with Gasteiger partial charge in [-0.05, 0) is 79.2 Å². The van der Waals surface area contributed by atoms with Gasteiger partial charge in [-0.15, -0.1) is 0 Å². The molecule has 0 aliphatic rings. The number of aryl methyl sites for hydroxylation is 1. The Kier molecular flexibility index (Phi) is 6.64. The van der Waals surface area contributed by atoms with Crippen LogP contribution in [0, 0.1) is 6.92 Å². The summed E-state index contributed by atoms with van der Waals surface area (Å²) in [6.07, 6.45) is 0. The van der Waals surface area contributed by atoms with Crippen molar-refractivity contribution in [3.63, 3.8) is 0 Å². The number of nitrogens with one attached hydrogen (secondary N) is 2. The average Bonchev–Trinajstić information content (AvgIpc) is 2.94. The maximum atomic E-state index is 13.4. The number of methoxy groups -OCH3 is 1. The number of carbonyl (C=O) groups excluding carboxylic acids is 2. The van der Waals surface area contributed by atoms with E-state index >= 15 is 0 Å². The van der Waals surface area contributed by atoms with E-state index in [1.54, 1.807) is 37.4 Å². The SMILES string of the molecule is COc1ccc(-c2cc(C(=O)Nc3ccc(C(=O)Nc4ccccc4)cc3)c3cccc(C)c3n2)cc1. The van der Waals surface area contributed by atoms with Gasteiger partial charge in [-0.2, -0.15) is 0 Å². The van der Waals surface area contributed by atoms with Crippen LogP contribution in [0.2, 0.25) is 0 Å². The summed E-state index contributed by atoms with van der Waals surface area (Å²) in [5.41, 5.74) is 5.65. The predicted octanol–water partition coefficient (Wildman–Crippen LogP) is 6.72. The largest absolute Gasteiger partial charge is 0.497 e. The molecule has 182 valence electrons. The van der Waals surface area contributed by atoms with Crippen LogP contribution in [0.3, 0.4) is 0 Å². The van der Waals surface area contributed by atoms with Crippen molar-refractivity contribution in [3.8, 4) is 17.0 Å². The summed E-state index contributed by atoms with van der Waals surface area (Å²) in [6, 6.07) is 31.3. The highest BCUT2D eigenvalue weighted by atomic mass is 16.5. The van der Waals surface area contributed by atoms with Crippen molar-refractivity contribution in [2.75, 3.05) is 17.7 Å². The first-order chi connectivity index (χ1) is 18.0. The number of fused-ring (bicyclic) bond motifs is 1. The highest BCUT2D eigenvalue weighted by Gasteiger charge is 2.16. The summed E-state index contributed by atoms with van der Waals surface area (Å²) in [5, 5.41) is 6.59. The van der Waals surface area contributed by atoms with Crippen LogP contribution in [0.15, 0.2) is 103 Å². The molecule has 0 aliphatic carbocycles. The van der Waals surface area contributed by atoms with E-state index in [4.69, 9.17) is 9.72 Å². The molecule has 5 rings (SSSR count). The van der Waals surface area contributed by atoms with E-state index in [1.807, 2.05) is 79.7 Å². The number of ether oxygens (including phenoxy) is 1. The van der Waals surface area contributed by atoms with Crippen molar-refractivity contribution >= 4 is 34.1 Å². The Labute approximate surface area is 215 Å². The summed E-state index contributed by atoms with van der Waals surface area (Å²) in [6.45, 7) is 1.98. The zero-order chi connectivity index (χ0) is 25.8. The number of anilines is 2. The van der Waals surface area contributed by atoms with Crippen LogP contribution >= 0.6 is 0 Å². The highest BCUT2D eigenvalue weighted by Crippen LogP contribution is 2.28. The zero-order valence-corrected chi connectivity index (χ0v) is 20.5. The van der Waals surface area contributed by atoms with E-state index in [0.29, 0.717) is 22.5 Å². The molecule has 5 aromatic rings. The Morgan fingerprint density at radius 1 is 0.730 bits per heavy atom. The maximum absolute atomic E-state index is 13.4. The van der Waals surface area contributed by atoms with Gasteiger partial charge >= 0.3 is 0 Å². The third-order valence-electron chi connectivity index (χ3n) is 6.11. The summed E-state index contributed by atoms with van der Waals surface area (Å²) < 4.78 is 5.27. The van der Waals surface area contributed by atoms with Gasteiger partial charge in [-0.1, -0.05) is 36.4 Å². The first-order valence-corrected chi connectivity index (χ1v) is 11.8. The molecular formula is C31H25N3O3. The lowest BCUT2D eigenvalue weighted by Gasteiger charge is -2.13. The Hall–Kier alpha value is -4.97. The molecule has 4 aromatic carbocycles. The summed E-state index contributed by atoms with van der Waals surface area (Å²) in [4.78, 5) is 30.8. The van der Waals surface area contributed by atoms with Crippen LogP contribution in [-0.4, -0.2) is 23.9 Å². The predicted molar refractivity (Wildman–Crippen MR) is 147 cm³/mol. The van der Waals surface area contributed by atoms with Gasteiger partial charge in [0.1, 0.15) is 5.75 Å². The van der Waals surface area contributed by atoms with Gasteiger partial charge in [0.2, 0.25) is 0 Å². The number of carbonyl (C=O) groups is 2. The summed E-state index contributed by atoms with van der Waals surface area (Å²) >= 11 is 0. The van der Waals surface area contributed by atoms with Gasteiger partial charge in [0, 0.05) is 27.9 Å². The van der Waals surface area contributed by atoms with Gasteiger partial charge in [-0.25, -0.2) is 4.98 Å². The second-order valence-electron chi connectivity index (χ2n) is 8.61. The Morgan fingerprint density at radius 3 is 2.11 bits per heavy atom. The molecule has 0 saturated carbocycles. The van der Waals surface area contributed by atoms with Crippen molar-refractivity contribution in [3.05, 3.63) is 120 Å². The van der Waals surface area contributed by atoms with Crippen LogP contribution in [0.25, 0.3) is 22.2 Å². The standard InChI is InChI=1S/C31H25N3O3/c1-20-7-6-10-26-27(19-28(34-29(20)26)21-13-17-25(37-2)18-14-21)31(36)33-24-15-11-22(12-16-24)30(35)32-23-8-4-3-5-9-23/h3-19H,1-2H3,(H,32,35)(H,33,36). The molecule has 6 heteroatoms. The van der Waals surface area contributed by atoms with E-state index in [1.165, 1.54) is 0 Å². The number of para-hydroxylation sites is 2. The van der Waals surface area contributed by atoms with Gasteiger partial charge in [0.15, 0.2) is 0 Å². The van der Waals surface area contributed by atoms with Crippen molar-refractivity contribution < 1.29 is 14.3 Å². The number of amides is 2. The first-order valence-electron chi connectivity index (χ1n) is 11.8. The lowest BCUT2D eigenvalue weighted by Crippen LogP contribution is -2.14. The topological polar surface area (TPSA) is 80.3 Å². The van der Waals surface area contributed by atoms with Crippen LogP contribution in [0.5, 0.6) is 5.75 Å². The van der Waals surface area contributed by atoms with Crippen molar-refractivity contribution in [1.29, 1.82) is 0 Å². The number of benzene rings is 4. The normalized spacial score (nSPS) is 10.6. The third-order valence-corrected chi connectivity index (χ3v) is 6.11. The molecule has 2 N–H and O–H groups in total. The molecule has 0 saturated heterocycles. The van der Waals surface area contributed by atoms with Gasteiger partial charge < -0.3 is 15.4 Å². The minimum absolute atomic E-state index is 0.219. The van der Waals surface area contributed by atoms with Crippen LogP contribution in [-0.2, 0) is 0 Å². The second kappa shape index (κ2) is 10.3. The Balaban J connectivity index is 1.42. The fourth-order valence-corrected chi connectivity index (χ4v) is 4.12. The van der Waals surface area contributed by atoms with Crippen LogP contribution in [0.4, 0.5) is 11.4 Å². The van der Waals surface area contributed by atoms with Crippen molar-refractivity contribution in [2.24, 2.45) is 0 Å². The lowest BCUT2D eigenvalue weighted by molar-refractivity contribution is 0.102. The second-order valence-corrected chi connectivity index (χ2v) is 8.61. The van der Waals surface area contributed by atoms with Crippen molar-refractivity contribution in [2.45, 2.75) is 6.92 Å². The molecule has 37 heavy (non-hydrogen) atoms. The minimum Gasteiger partial charge on any atom is -0.497 e. The monoisotopic (exact) mass is 487 g/mol. The number of rotatable bonds is 6. The summed E-state index contributed by atoms with van der Waals surface area (Å²) in [5.74, 6) is 0.276. The maximum Gasteiger partial charge on any atom is 0.256 e. The molecule has 0 fully saturated rings. The van der Waals surface area contributed by atoms with Gasteiger partial charge in [0.05, 0.1) is 23.9 Å². The van der Waals surface area contributed by atoms with E-state index in [2.05, 4.69) is 10.6 Å². The van der Waals surface area contributed by atoms with Crippen LogP contribution in [0.1, 0.15) is 26.3 Å². The van der Waals surface area contributed by atoms with Crippen molar-refractivity contribution in [1.82, 2.24) is 4.98 Å². The molecular weight excluding hydrogens is 462 g/mol. The third kappa shape index (κ3) is 5.18. The number of hydrogen-bond acceptors (Lipinski definition) is 4. The summed E-state index contributed by atoms with van der Waals surface area (Å²) in [7, 11) is 1.62. The Morgan fingerprint density at radius 2 is 1.41 bits per heavy atom. The van der Waals surface area contributed by atoms with E-state index in [-0.39, 0.29) is 11.8 Å². The molecule has 1 aromatic heterocycles. The molecule has 6 nitrogen and oxygen atoms in total.